The van der Waals surface area contributed by atoms with Crippen LogP contribution in [0.5, 0.6) is 0 Å². The second-order valence-electron chi connectivity index (χ2n) is 7.16. The Morgan fingerprint density at radius 2 is 1.88 bits per heavy atom. The molecule has 3 aromatic rings. The van der Waals surface area contributed by atoms with E-state index in [-0.39, 0.29) is 11.7 Å². The van der Waals surface area contributed by atoms with Crippen LogP contribution in [0.25, 0.3) is 29.0 Å². The number of rotatable bonds is 1. The van der Waals surface area contributed by atoms with Crippen molar-refractivity contribution in [2.24, 2.45) is 0 Å². The van der Waals surface area contributed by atoms with Gasteiger partial charge in [0.25, 0.3) is 0 Å². The normalized spacial score (nSPS) is 18.0. The summed E-state index contributed by atoms with van der Waals surface area (Å²) < 4.78 is 14.7. The minimum atomic E-state index is -0.189. The summed E-state index contributed by atoms with van der Waals surface area (Å²) in [5.41, 5.74) is 3.82. The van der Waals surface area contributed by atoms with Gasteiger partial charge in [0.1, 0.15) is 5.82 Å². The molecule has 0 nitrogen and oxygen atoms in total. The summed E-state index contributed by atoms with van der Waals surface area (Å²) in [5, 5.41) is 5.18. The van der Waals surface area contributed by atoms with Gasteiger partial charge in [0, 0.05) is 10.4 Å². The minimum absolute atomic E-state index is 0.189. The number of fused-ring (bicyclic) bond motifs is 5. The van der Waals surface area contributed by atoms with Gasteiger partial charge in [0.15, 0.2) is 0 Å². The van der Waals surface area contributed by atoms with Gasteiger partial charge in [0.05, 0.1) is 0 Å². The van der Waals surface area contributed by atoms with Crippen LogP contribution >= 0.6 is 15.9 Å². The van der Waals surface area contributed by atoms with Gasteiger partial charge >= 0.3 is 0 Å². The molecule has 0 saturated carbocycles. The van der Waals surface area contributed by atoms with Crippen LogP contribution in [-0.2, 0) is 6.42 Å². The Morgan fingerprint density at radius 1 is 1.00 bits per heavy atom. The van der Waals surface area contributed by atoms with E-state index >= 15 is 0 Å². The van der Waals surface area contributed by atoms with Gasteiger partial charge in [-0.3, -0.25) is 0 Å². The van der Waals surface area contributed by atoms with Gasteiger partial charge in [-0.05, 0) is 75.4 Å². The van der Waals surface area contributed by atoms with Crippen molar-refractivity contribution in [3.8, 4) is 0 Å². The molecule has 2 heteroatoms. The van der Waals surface area contributed by atoms with Crippen LogP contribution in [0.3, 0.4) is 0 Å². The Hall–Kier alpha value is -2.19. The summed E-state index contributed by atoms with van der Waals surface area (Å²) >= 11 is 3.42. The van der Waals surface area contributed by atoms with E-state index in [2.05, 4.69) is 64.5 Å². The lowest BCUT2D eigenvalue weighted by atomic mass is 9.87. The first kappa shape index (κ1) is 16.0. The van der Waals surface area contributed by atoms with Crippen LogP contribution in [0.1, 0.15) is 35.4 Å². The lowest BCUT2D eigenvalue weighted by Crippen LogP contribution is -2.29. The highest BCUT2D eigenvalue weighted by Gasteiger charge is 2.15. The Bertz CT molecular complexity index is 1170. The van der Waals surface area contributed by atoms with Gasteiger partial charge in [-0.25, -0.2) is 4.39 Å². The van der Waals surface area contributed by atoms with Crippen molar-refractivity contribution in [3.63, 3.8) is 0 Å². The third-order valence-electron chi connectivity index (χ3n) is 5.55. The van der Waals surface area contributed by atoms with Crippen molar-refractivity contribution < 1.29 is 4.39 Å². The summed E-state index contributed by atoms with van der Waals surface area (Å²) in [7, 11) is 0. The highest BCUT2D eigenvalue weighted by molar-refractivity contribution is 9.10. The Morgan fingerprint density at radius 3 is 2.77 bits per heavy atom. The Labute approximate surface area is 160 Å². The van der Waals surface area contributed by atoms with E-state index in [1.807, 2.05) is 6.07 Å². The molecule has 0 heterocycles. The third-order valence-corrected chi connectivity index (χ3v) is 6.00. The molecule has 0 bridgehead atoms. The molecule has 2 aliphatic rings. The zero-order valence-electron chi connectivity index (χ0n) is 14.3. The summed E-state index contributed by atoms with van der Waals surface area (Å²) in [4.78, 5) is 0. The SMILES string of the molecule is Fc1cc(Br)cc(C2C=c3c(ccc4c5c(ccc34)CCC=C5)=CC2)c1. The maximum Gasteiger partial charge on any atom is 0.124 e. The van der Waals surface area contributed by atoms with E-state index in [1.54, 1.807) is 6.07 Å². The van der Waals surface area contributed by atoms with Gasteiger partial charge in [-0.2, -0.15) is 0 Å². The number of hydrogen-bond acceptors (Lipinski definition) is 0. The number of allylic oxidation sites excluding steroid dienone is 1. The number of halogens is 2. The molecule has 26 heavy (non-hydrogen) atoms. The van der Waals surface area contributed by atoms with Crippen LogP contribution in [0.2, 0.25) is 0 Å². The topological polar surface area (TPSA) is 0 Å². The smallest absolute Gasteiger partial charge is 0.124 e. The average molecular weight is 405 g/mol. The number of aryl methyl sites for hydroxylation is 1. The van der Waals surface area contributed by atoms with E-state index in [4.69, 9.17) is 0 Å². The molecule has 0 aliphatic heterocycles. The largest absolute Gasteiger partial charge is 0.207 e. The van der Waals surface area contributed by atoms with Crippen LogP contribution in [0, 0.1) is 5.82 Å². The summed E-state index contributed by atoms with van der Waals surface area (Å²) in [6.07, 6.45) is 12.3. The Kier molecular flexibility index (Phi) is 3.82. The van der Waals surface area contributed by atoms with Crippen molar-refractivity contribution >= 4 is 44.9 Å². The van der Waals surface area contributed by atoms with E-state index < -0.39 is 0 Å². The first-order valence-electron chi connectivity index (χ1n) is 9.08. The molecular weight excluding hydrogens is 387 g/mol. The first-order valence-corrected chi connectivity index (χ1v) is 9.87. The van der Waals surface area contributed by atoms with Gasteiger partial charge in [0.2, 0.25) is 0 Å². The van der Waals surface area contributed by atoms with Crippen molar-refractivity contribution in [1.82, 2.24) is 0 Å². The van der Waals surface area contributed by atoms with Crippen LogP contribution in [0.4, 0.5) is 4.39 Å². The summed E-state index contributed by atoms with van der Waals surface area (Å²) in [5.74, 6) is 0.0115. The summed E-state index contributed by atoms with van der Waals surface area (Å²) in [6.45, 7) is 0. The summed E-state index contributed by atoms with van der Waals surface area (Å²) in [6, 6.07) is 14.2. The van der Waals surface area contributed by atoms with Crippen molar-refractivity contribution in [2.45, 2.75) is 25.2 Å². The third kappa shape index (κ3) is 2.64. The van der Waals surface area contributed by atoms with E-state index in [1.165, 1.54) is 38.4 Å². The average Bonchev–Trinajstić information content (AvgIpc) is 2.66. The molecule has 0 spiro atoms. The molecule has 2 aliphatic carbocycles. The molecule has 1 atom stereocenters. The molecule has 1 unspecified atom stereocenters. The number of hydrogen-bond donors (Lipinski definition) is 0. The van der Waals surface area contributed by atoms with E-state index in [9.17, 15) is 4.39 Å². The molecule has 0 amide bonds. The molecule has 0 radical (unpaired) electrons. The predicted octanol–water partition coefficient (Wildman–Crippen LogP) is 5.45. The van der Waals surface area contributed by atoms with Gasteiger partial charge in [-0.1, -0.05) is 64.5 Å². The van der Waals surface area contributed by atoms with Gasteiger partial charge in [-0.15, -0.1) is 0 Å². The van der Waals surface area contributed by atoms with E-state index in [0.717, 1.165) is 29.3 Å². The fraction of sp³-hybridized carbons (Fsp3) is 0.167. The minimum Gasteiger partial charge on any atom is -0.207 e. The fourth-order valence-corrected chi connectivity index (χ4v) is 4.76. The lowest BCUT2D eigenvalue weighted by Gasteiger charge is -2.18. The van der Waals surface area contributed by atoms with Crippen LogP contribution in [0.15, 0.2) is 53.0 Å². The standard InChI is InChI=1S/C24H18BrF/c25-19-11-18(12-20(26)14-19)17-6-5-16-8-9-22-21-4-2-1-3-15(21)7-10-23(22)24(16)13-17/h2,4-5,7-14,17H,1,3,6H2. The highest BCUT2D eigenvalue weighted by Crippen LogP contribution is 2.29. The van der Waals surface area contributed by atoms with Crippen LogP contribution < -0.4 is 10.4 Å². The van der Waals surface area contributed by atoms with Crippen molar-refractivity contribution in [3.05, 3.63) is 86.0 Å². The highest BCUT2D eigenvalue weighted by atomic mass is 79.9. The molecular formula is C24H18BrF. The fourth-order valence-electron chi connectivity index (χ4n) is 4.28. The zero-order valence-corrected chi connectivity index (χ0v) is 15.9. The first-order chi connectivity index (χ1) is 12.7. The molecule has 0 saturated heterocycles. The van der Waals surface area contributed by atoms with Crippen molar-refractivity contribution in [1.29, 1.82) is 0 Å². The quantitative estimate of drug-likeness (QED) is 0.505. The number of benzene rings is 3. The predicted molar refractivity (Wildman–Crippen MR) is 111 cm³/mol. The molecule has 0 N–H and O–H groups in total. The molecule has 128 valence electrons. The van der Waals surface area contributed by atoms with Crippen LogP contribution in [-0.4, -0.2) is 0 Å². The second kappa shape index (κ2) is 6.21. The van der Waals surface area contributed by atoms with Crippen molar-refractivity contribution in [2.75, 3.05) is 0 Å². The lowest BCUT2D eigenvalue weighted by molar-refractivity contribution is 0.623. The maximum absolute atomic E-state index is 13.9. The second-order valence-corrected chi connectivity index (χ2v) is 8.07. The van der Waals surface area contributed by atoms with Gasteiger partial charge < -0.3 is 0 Å². The zero-order chi connectivity index (χ0) is 17.7. The molecule has 0 aromatic heterocycles. The molecule has 5 rings (SSSR count). The Balaban J connectivity index is 1.74. The molecule has 3 aromatic carbocycles. The maximum atomic E-state index is 13.9. The van der Waals surface area contributed by atoms with E-state index in [0.29, 0.717) is 0 Å². The monoisotopic (exact) mass is 404 g/mol. The molecule has 0 fully saturated rings.